The standard InChI is InChI=1S/C21H14ClN3O4S/c22-13-5-7-14(8-6-13)25-20(29)16(19(28)23-21(25)30)9-12-10-24(11-18(26)27)17-4-2-1-3-15(12)17/h1-10H,11H2,(H,26,27)(H,23,28,30)/b16-9+. The van der Waals surface area contributed by atoms with Crippen LogP contribution in [0.15, 0.2) is 60.3 Å². The lowest BCUT2D eigenvalue weighted by Gasteiger charge is -2.28. The van der Waals surface area contributed by atoms with Crippen LogP contribution in [0.5, 0.6) is 0 Å². The number of carbonyl (C=O) groups is 3. The molecule has 1 fully saturated rings. The molecular weight excluding hydrogens is 426 g/mol. The number of halogens is 1. The maximum atomic E-state index is 13.1. The third-order valence-electron chi connectivity index (χ3n) is 4.61. The Kier molecular flexibility index (Phi) is 5.11. The zero-order valence-corrected chi connectivity index (χ0v) is 16.9. The fourth-order valence-corrected chi connectivity index (χ4v) is 3.71. The number of aliphatic carboxylic acids is 1. The van der Waals surface area contributed by atoms with Crippen molar-refractivity contribution >= 4 is 69.4 Å². The molecule has 1 aromatic heterocycles. The van der Waals surface area contributed by atoms with E-state index < -0.39 is 17.8 Å². The minimum atomic E-state index is -0.999. The number of carboxylic acids is 1. The Bertz CT molecular complexity index is 1250. The molecule has 0 aliphatic carbocycles. The number of rotatable bonds is 4. The number of carbonyl (C=O) groups excluding carboxylic acids is 2. The Balaban J connectivity index is 1.80. The minimum absolute atomic E-state index is 0.0298. The molecule has 0 atom stereocenters. The first-order chi connectivity index (χ1) is 14.3. The fraction of sp³-hybridized carbons (Fsp3) is 0.0476. The molecule has 150 valence electrons. The molecule has 0 unspecified atom stereocenters. The molecule has 30 heavy (non-hydrogen) atoms. The molecule has 2 aromatic carbocycles. The predicted molar refractivity (Wildman–Crippen MR) is 117 cm³/mol. The number of para-hydroxylation sites is 1. The molecular formula is C21H14ClN3O4S. The van der Waals surface area contributed by atoms with Crippen LogP contribution < -0.4 is 10.2 Å². The van der Waals surface area contributed by atoms with Crippen molar-refractivity contribution in [3.8, 4) is 0 Å². The number of carboxylic acid groups (broad SMARTS) is 1. The first-order valence-corrected chi connectivity index (χ1v) is 9.60. The van der Waals surface area contributed by atoms with Gasteiger partial charge in [-0.15, -0.1) is 0 Å². The van der Waals surface area contributed by atoms with Gasteiger partial charge >= 0.3 is 5.97 Å². The average Bonchev–Trinajstić information content (AvgIpc) is 3.03. The maximum absolute atomic E-state index is 13.1. The Morgan fingerprint density at radius 3 is 2.53 bits per heavy atom. The van der Waals surface area contributed by atoms with Crippen LogP contribution in [-0.2, 0) is 20.9 Å². The van der Waals surface area contributed by atoms with Gasteiger partial charge in [0.2, 0.25) is 0 Å². The number of benzene rings is 2. The first-order valence-electron chi connectivity index (χ1n) is 8.82. The predicted octanol–water partition coefficient (Wildman–Crippen LogP) is 3.21. The molecule has 0 radical (unpaired) electrons. The lowest BCUT2D eigenvalue weighted by molar-refractivity contribution is -0.137. The summed E-state index contributed by atoms with van der Waals surface area (Å²) in [6.45, 7) is -0.245. The van der Waals surface area contributed by atoms with Gasteiger partial charge in [0.15, 0.2) is 5.11 Å². The number of fused-ring (bicyclic) bond motifs is 1. The van der Waals surface area contributed by atoms with E-state index in [0.717, 1.165) is 5.39 Å². The largest absolute Gasteiger partial charge is 0.480 e. The highest BCUT2D eigenvalue weighted by molar-refractivity contribution is 7.80. The summed E-state index contributed by atoms with van der Waals surface area (Å²) in [6.07, 6.45) is 3.05. The highest BCUT2D eigenvalue weighted by Gasteiger charge is 2.34. The molecule has 0 saturated carbocycles. The van der Waals surface area contributed by atoms with Crippen LogP contribution in [-0.4, -0.2) is 32.6 Å². The van der Waals surface area contributed by atoms with E-state index in [2.05, 4.69) is 5.32 Å². The molecule has 2 heterocycles. The van der Waals surface area contributed by atoms with E-state index in [9.17, 15) is 14.4 Å². The number of nitrogens with zero attached hydrogens (tertiary/aromatic N) is 2. The molecule has 7 nitrogen and oxygen atoms in total. The van der Waals surface area contributed by atoms with Crippen molar-refractivity contribution in [3.05, 3.63) is 70.9 Å². The van der Waals surface area contributed by atoms with E-state index in [1.54, 1.807) is 59.3 Å². The average molecular weight is 440 g/mol. The quantitative estimate of drug-likeness (QED) is 0.370. The van der Waals surface area contributed by atoms with Crippen LogP contribution in [0.4, 0.5) is 5.69 Å². The van der Waals surface area contributed by atoms with Crippen molar-refractivity contribution in [2.45, 2.75) is 6.54 Å². The second kappa shape index (κ2) is 7.74. The van der Waals surface area contributed by atoms with E-state index >= 15 is 0 Å². The third-order valence-corrected chi connectivity index (χ3v) is 5.15. The summed E-state index contributed by atoms with van der Waals surface area (Å²) in [7, 11) is 0. The molecule has 1 saturated heterocycles. The van der Waals surface area contributed by atoms with Gasteiger partial charge < -0.3 is 9.67 Å². The van der Waals surface area contributed by atoms with E-state index in [-0.39, 0.29) is 17.2 Å². The molecule has 0 spiro atoms. The Hall–Kier alpha value is -3.49. The summed E-state index contributed by atoms with van der Waals surface area (Å²) in [6, 6.07) is 13.6. The van der Waals surface area contributed by atoms with Crippen LogP contribution in [0, 0.1) is 0 Å². The van der Waals surface area contributed by atoms with Crippen LogP contribution in [0.25, 0.3) is 17.0 Å². The van der Waals surface area contributed by atoms with Crippen molar-refractivity contribution in [1.82, 2.24) is 9.88 Å². The highest BCUT2D eigenvalue weighted by Crippen LogP contribution is 2.27. The first kappa shape index (κ1) is 19.8. The van der Waals surface area contributed by atoms with E-state index in [0.29, 0.717) is 21.8 Å². The van der Waals surface area contributed by atoms with Crippen LogP contribution in [0.1, 0.15) is 5.56 Å². The Morgan fingerprint density at radius 2 is 1.83 bits per heavy atom. The molecule has 1 aliphatic rings. The normalized spacial score (nSPS) is 15.7. The summed E-state index contributed by atoms with van der Waals surface area (Å²) in [5, 5.41) is 12.9. The Labute approximate surface area is 181 Å². The number of aromatic nitrogens is 1. The van der Waals surface area contributed by atoms with Gasteiger partial charge in [-0.05, 0) is 48.6 Å². The van der Waals surface area contributed by atoms with Crippen LogP contribution >= 0.6 is 23.8 Å². The highest BCUT2D eigenvalue weighted by atomic mass is 35.5. The van der Waals surface area contributed by atoms with Gasteiger partial charge in [-0.2, -0.15) is 0 Å². The topological polar surface area (TPSA) is 91.6 Å². The summed E-state index contributed by atoms with van der Waals surface area (Å²) < 4.78 is 1.55. The maximum Gasteiger partial charge on any atom is 0.323 e. The molecule has 9 heteroatoms. The summed E-state index contributed by atoms with van der Waals surface area (Å²) in [4.78, 5) is 38.1. The number of anilines is 1. The van der Waals surface area contributed by atoms with E-state index in [1.807, 2.05) is 0 Å². The molecule has 2 N–H and O–H groups in total. The van der Waals surface area contributed by atoms with Crippen molar-refractivity contribution in [2.24, 2.45) is 0 Å². The van der Waals surface area contributed by atoms with Gasteiger partial charge in [-0.25, -0.2) is 0 Å². The lowest BCUT2D eigenvalue weighted by atomic mass is 10.1. The van der Waals surface area contributed by atoms with Crippen molar-refractivity contribution in [3.63, 3.8) is 0 Å². The number of nitrogens with one attached hydrogen (secondary N) is 1. The van der Waals surface area contributed by atoms with Crippen molar-refractivity contribution < 1.29 is 19.5 Å². The van der Waals surface area contributed by atoms with Gasteiger partial charge in [-0.1, -0.05) is 29.8 Å². The smallest absolute Gasteiger partial charge is 0.323 e. The van der Waals surface area contributed by atoms with E-state index in [4.69, 9.17) is 28.9 Å². The van der Waals surface area contributed by atoms with Gasteiger partial charge in [0.25, 0.3) is 11.8 Å². The molecule has 2 amide bonds. The fourth-order valence-electron chi connectivity index (χ4n) is 3.30. The molecule has 4 rings (SSSR count). The third kappa shape index (κ3) is 3.58. The summed E-state index contributed by atoms with van der Waals surface area (Å²) >= 11 is 11.1. The second-order valence-corrected chi connectivity index (χ2v) is 7.38. The van der Waals surface area contributed by atoms with Crippen LogP contribution in [0.2, 0.25) is 5.02 Å². The van der Waals surface area contributed by atoms with Gasteiger partial charge in [0, 0.05) is 27.7 Å². The van der Waals surface area contributed by atoms with Gasteiger partial charge in [0.1, 0.15) is 12.1 Å². The summed E-state index contributed by atoms with van der Waals surface area (Å²) in [5.41, 5.74) is 1.58. The zero-order chi connectivity index (χ0) is 21.4. The molecule has 0 bridgehead atoms. The van der Waals surface area contributed by atoms with Gasteiger partial charge in [0.05, 0.1) is 5.69 Å². The number of hydrogen-bond acceptors (Lipinski definition) is 4. The monoisotopic (exact) mass is 439 g/mol. The summed E-state index contributed by atoms with van der Waals surface area (Å²) in [5.74, 6) is -2.20. The van der Waals surface area contributed by atoms with Gasteiger partial charge in [-0.3, -0.25) is 24.6 Å². The minimum Gasteiger partial charge on any atom is -0.480 e. The number of hydrogen-bond donors (Lipinski definition) is 2. The van der Waals surface area contributed by atoms with Crippen molar-refractivity contribution in [1.29, 1.82) is 0 Å². The number of amides is 2. The van der Waals surface area contributed by atoms with E-state index in [1.165, 1.54) is 11.0 Å². The number of thiocarbonyl (C=S) groups is 1. The zero-order valence-electron chi connectivity index (χ0n) is 15.3. The Morgan fingerprint density at radius 1 is 1.13 bits per heavy atom. The SMILES string of the molecule is O=C(O)Cn1cc(/C=C2\C(=O)NC(=S)N(c3ccc(Cl)cc3)C2=O)c2ccccc21. The lowest BCUT2D eigenvalue weighted by Crippen LogP contribution is -2.54. The van der Waals surface area contributed by atoms with Crippen LogP contribution in [0.3, 0.4) is 0 Å². The second-order valence-electron chi connectivity index (χ2n) is 6.56. The molecule has 3 aromatic rings. The van der Waals surface area contributed by atoms with Crippen molar-refractivity contribution in [2.75, 3.05) is 4.90 Å². The molecule has 1 aliphatic heterocycles.